The number of amides is 3. The third-order valence-corrected chi connectivity index (χ3v) is 3.65. The standard InChI is InChI=1S/C15H22N4O2/c16-15(21)19-13-3-1-2-12(10-13)18-14(20)5-4-11-6-8-17-9-7-11/h1-3,10-11,17H,4-9H2,(H,18,20)(H3,16,19,21). The summed E-state index contributed by atoms with van der Waals surface area (Å²) >= 11 is 0. The molecule has 1 heterocycles. The molecule has 0 spiro atoms. The molecule has 0 atom stereocenters. The second-order valence-corrected chi connectivity index (χ2v) is 5.35. The average Bonchev–Trinajstić information content (AvgIpc) is 2.46. The zero-order valence-electron chi connectivity index (χ0n) is 12.0. The molecule has 2 rings (SSSR count). The highest BCUT2D eigenvalue weighted by Crippen LogP contribution is 2.19. The highest BCUT2D eigenvalue weighted by molar-refractivity contribution is 5.93. The topological polar surface area (TPSA) is 96.2 Å². The van der Waals surface area contributed by atoms with Gasteiger partial charge in [0.1, 0.15) is 0 Å². The summed E-state index contributed by atoms with van der Waals surface area (Å²) < 4.78 is 0. The molecule has 0 aromatic heterocycles. The van der Waals surface area contributed by atoms with E-state index in [1.54, 1.807) is 24.3 Å². The number of nitrogens with one attached hydrogen (secondary N) is 3. The molecule has 0 unspecified atom stereocenters. The molecule has 0 radical (unpaired) electrons. The summed E-state index contributed by atoms with van der Waals surface area (Å²) in [5.41, 5.74) is 6.30. The van der Waals surface area contributed by atoms with Crippen molar-refractivity contribution in [2.24, 2.45) is 11.7 Å². The summed E-state index contributed by atoms with van der Waals surface area (Å²) in [4.78, 5) is 22.7. The Kier molecular flexibility index (Phi) is 5.57. The lowest BCUT2D eigenvalue weighted by atomic mass is 9.93. The van der Waals surface area contributed by atoms with E-state index in [1.807, 2.05) is 0 Å². The van der Waals surface area contributed by atoms with Gasteiger partial charge in [0.2, 0.25) is 5.91 Å². The van der Waals surface area contributed by atoms with Crippen molar-refractivity contribution in [3.05, 3.63) is 24.3 Å². The Morgan fingerprint density at radius 2 is 1.86 bits per heavy atom. The lowest BCUT2D eigenvalue weighted by molar-refractivity contribution is -0.116. The van der Waals surface area contributed by atoms with E-state index in [9.17, 15) is 9.59 Å². The SMILES string of the molecule is NC(=O)Nc1cccc(NC(=O)CCC2CCNCC2)c1. The Bertz CT molecular complexity index is 498. The second-order valence-electron chi connectivity index (χ2n) is 5.35. The maximum Gasteiger partial charge on any atom is 0.316 e. The Morgan fingerprint density at radius 1 is 1.19 bits per heavy atom. The van der Waals surface area contributed by atoms with Crippen LogP contribution in [0.3, 0.4) is 0 Å². The Hall–Kier alpha value is -2.08. The van der Waals surface area contributed by atoms with Crippen molar-refractivity contribution in [1.82, 2.24) is 5.32 Å². The normalized spacial score (nSPS) is 15.4. The summed E-state index contributed by atoms with van der Waals surface area (Å²) in [6.07, 6.45) is 3.74. The third kappa shape index (κ3) is 5.43. The van der Waals surface area contributed by atoms with Gasteiger partial charge >= 0.3 is 6.03 Å². The number of rotatable bonds is 5. The van der Waals surface area contributed by atoms with Crippen LogP contribution in [0.1, 0.15) is 25.7 Å². The van der Waals surface area contributed by atoms with Crippen LogP contribution in [0.2, 0.25) is 0 Å². The monoisotopic (exact) mass is 290 g/mol. The summed E-state index contributed by atoms with van der Waals surface area (Å²) in [5.74, 6) is 0.643. The fourth-order valence-corrected chi connectivity index (χ4v) is 2.55. The predicted octanol–water partition coefficient (Wildman–Crippen LogP) is 1.90. The molecular formula is C15H22N4O2. The zero-order chi connectivity index (χ0) is 15.1. The summed E-state index contributed by atoms with van der Waals surface area (Å²) in [6.45, 7) is 2.10. The fraction of sp³-hybridized carbons (Fsp3) is 0.467. The summed E-state index contributed by atoms with van der Waals surface area (Å²) in [6, 6.07) is 6.33. The van der Waals surface area contributed by atoms with Gasteiger partial charge in [-0.3, -0.25) is 4.79 Å². The molecule has 0 bridgehead atoms. The van der Waals surface area contributed by atoms with Gasteiger partial charge < -0.3 is 21.7 Å². The zero-order valence-corrected chi connectivity index (χ0v) is 12.0. The van der Waals surface area contributed by atoms with Crippen LogP contribution in [-0.2, 0) is 4.79 Å². The second kappa shape index (κ2) is 7.64. The van der Waals surface area contributed by atoms with Crippen molar-refractivity contribution in [2.75, 3.05) is 23.7 Å². The summed E-state index contributed by atoms with van der Waals surface area (Å²) in [5, 5.41) is 8.65. The molecule has 6 nitrogen and oxygen atoms in total. The van der Waals surface area contributed by atoms with Crippen LogP contribution in [0.4, 0.5) is 16.2 Å². The fourth-order valence-electron chi connectivity index (χ4n) is 2.55. The van der Waals surface area contributed by atoms with E-state index in [4.69, 9.17) is 5.73 Å². The van der Waals surface area contributed by atoms with Crippen molar-refractivity contribution in [1.29, 1.82) is 0 Å². The van der Waals surface area contributed by atoms with Gasteiger partial charge in [-0.2, -0.15) is 0 Å². The Balaban J connectivity index is 1.80. The molecular weight excluding hydrogens is 268 g/mol. The molecule has 1 aromatic rings. The minimum atomic E-state index is -0.621. The van der Waals surface area contributed by atoms with Gasteiger partial charge in [-0.15, -0.1) is 0 Å². The molecule has 1 aliphatic rings. The maximum atomic E-state index is 11.9. The Labute approximate surface area is 124 Å². The van der Waals surface area contributed by atoms with Crippen molar-refractivity contribution in [3.63, 3.8) is 0 Å². The van der Waals surface area contributed by atoms with E-state index in [0.717, 1.165) is 32.4 Å². The molecule has 3 amide bonds. The predicted molar refractivity (Wildman–Crippen MR) is 83.1 cm³/mol. The van der Waals surface area contributed by atoms with Gasteiger partial charge in [0.25, 0.3) is 0 Å². The first-order chi connectivity index (χ1) is 10.1. The van der Waals surface area contributed by atoms with E-state index in [2.05, 4.69) is 16.0 Å². The van der Waals surface area contributed by atoms with Crippen LogP contribution in [-0.4, -0.2) is 25.0 Å². The van der Waals surface area contributed by atoms with Gasteiger partial charge in [-0.05, 0) is 56.5 Å². The molecule has 0 aliphatic carbocycles. The van der Waals surface area contributed by atoms with E-state index in [-0.39, 0.29) is 5.91 Å². The Morgan fingerprint density at radius 3 is 2.52 bits per heavy atom. The quantitative estimate of drug-likeness (QED) is 0.667. The van der Waals surface area contributed by atoms with Gasteiger partial charge in [0, 0.05) is 17.8 Å². The number of carbonyl (C=O) groups excluding carboxylic acids is 2. The lowest BCUT2D eigenvalue weighted by Gasteiger charge is -2.22. The smallest absolute Gasteiger partial charge is 0.316 e. The first kappa shape index (κ1) is 15.3. The van der Waals surface area contributed by atoms with E-state index < -0.39 is 6.03 Å². The molecule has 114 valence electrons. The largest absolute Gasteiger partial charge is 0.351 e. The van der Waals surface area contributed by atoms with Gasteiger partial charge in [-0.25, -0.2) is 4.79 Å². The summed E-state index contributed by atoms with van der Waals surface area (Å²) in [7, 11) is 0. The highest BCUT2D eigenvalue weighted by Gasteiger charge is 2.14. The third-order valence-electron chi connectivity index (χ3n) is 3.65. The lowest BCUT2D eigenvalue weighted by Crippen LogP contribution is -2.28. The maximum absolute atomic E-state index is 11.9. The molecule has 1 aliphatic heterocycles. The van der Waals surface area contributed by atoms with Crippen molar-refractivity contribution in [3.8, 4) is 0 Å². The van der Waals surface area contributed by atoms with Crippen LogP contribution in [0.15, 0.2) is 24.3 Å². The molecule has 0 saturated carbocycles. The molecule has 1 aromatic carbocycles. The van der Waals surface area contributed by atoms with Crippen LogP contribution in [0.5, 0.6) is 0 Å². The number of anilines is 2. The van der Waals surface area contributed by atoms with Crippen LogP contribution in [0.25, 0.3) is 0 Å². The molecule has 1 fully saturated rings. The van der Waals surface area contributed by atoms with Gasteiger partial charge in [0.05, 0.1) is 0 Å². The van der Waals surface area contributed by atoms with Crippen LogP contribution < -0.4 is 21.7 Å². The van der Waals surface area contributed by atoms with E-state index in [0.29, 0.717) is 23.7 Å². The minimum absolute atomic E-state index is 0.00441. The number of nitrogens with two attached hydrogens (primary N) is 1. The number of piperidine rings is 1. The van der Waals surface area contributed by atoms with E-state index in [1.165, 1.54) is 0 Å². The number of benzene rings is 1. The average molecular weight is 290 g/mol. The van der Waals surface area contributed by atoms with Crippen molar-refractivity contribution in [2.45, 2.75) is 25.7 Å². The number of hydrogen-bond donors (Lipinski definition) is 4. The number of carbonyl (C=O) groups is 2. The van der Waals surface area contributed by atoms with Crippen molar-refractivity contribution >= 4 is 23.3 Å². The minimum Gasteiger partial charge on any atom is -0.351 e. The molecule has 1 saturated heterocycles. The van der Waals surface area contributed by atoms with Crippen molar-refractivity contribution < 1.29 is 9.59 Å². The van der Waals surface area contributed by atoms with E-state index >= 15 is 0 Å². The highest BCUT2D eigenvalue weighted by atomic mass is 16.2. The first-order valence-corrected chi connectivity index (χ1v) is 7.30. The number of hydrogen-bond acceptors (Lipinski definition) is 3. The molecule has 6 heteroatoms. The number of urea groups is 1. The van der Waals surface area contributed by atoms with Crippen LogP contribution >= 0.6 is 0 Å². The molecule has 21 heavy (non-hydrogen) atoms. The molecule has 5 N–H and O–H groups in total. The van der Waals surface area contributed by atoms with Crippen LogP contribution in [0, 0.1) is 5.92 Å². The van der Waals surface area contributed by atoms with Gasteiger partial charge in [-0.1, -0.05) is 6.07 Å². The number of primary amides is 1. The van der Waals surface area contributed by atoms with Gasteiger partial charge in [0.15, 0.2) is 0 Å². The first-order valence-electron chi connectivity index (χ1n) is 7.30.